The zero-order chi connectivity index (χ0) is 21.3. The normalized spacial score (nSPS) is 13.6. The van der Waals surface area contributed by atoms with Crippen molar-refractivity contribution >= 4 is 53.2 Å². The lowest BCUT2D eigenvalue weighted by Crippen LogP contribution is -2.16. The molecule has 0 amide bonds. The zero-order valence-corrected chi connectivity index (χ0v) is 17.7. The summed E-state index contributed by atoms with van der Waals surface area (Å²) in [6.45, 7) is 2.59. The predicted molar refractivity (Wildman–Crippen MR) is 122 cm³/mol. The Hall–Kier alpha value is -3.30. The summed E-state index contributed by atoms with van der Waals surface area (Å²) in [5.41, 5.74) is 9.33. The van der Waals surface area contributed by atoms with Crippen molar-refractivity contribution in [2.24, 2.45) is 0 Å². The Labute approximate surface area is 181 Å². The first-order valence-corrected chi connectivity index (χ1v) is 10.4. The molecule has 0 atom stereocenters. The fraction of sp³-hybridized carbons (Fsp3) is 0.143. The average molecular weight is 441 g/mol. The van der Waals surface area contributed by atoms with Crippen molar-refractivity contribution in [3.63, 3.8) is 0 Å². The second kappa shape index (κ2) is 8.21. The molecule has 0 saturated carbocycles. The molecule has 9 heteroatoms. The number of nitrogens with one attached hydrogen (secondary N) is 3. The summed E-state index contributed by atoms with van der Waals surface area (Å²) in [7, 11) is 0. The van der Waals surface area contributed by atoms with Gasteiger partial charge in [-0.25, -0.2) is 0 Å². The molecular formula is C21H20N4O3S2. The van der Waals surface area contributed by atoms with Gasteiger partial charge in [-0.15, -0.1) is 11.3 Å². The Morgan fingerprint density at radius 1 is 1.20 bits per heavy atom. The van der Waals surface area contributed by atoms with Gasteiger partial charge in [-0.2, -0.15) is 0 Å². The van der Waals surface area contributed by atoms with Crippen LogP contribution < -0.4 is 19.5 Å². The number of aryl methyl sites for hydroxylation is 1. The van der Waals surface area contributed by atoms with E-state index in [4.69, 9.17) is 32.8 Å². The molecule has 2 aromatic heterocycles. The van der Waals surface area contributed by atoms with Gasteiger partial charge < -0.3 is 30.3 Å². The van der Waals surface area contributed by atoms with Crippen molar-refractivity contribution in [2.45, 2.75) is 6.92 Å². The lowest BCUT2D eigenvalue weighted by Gasteiger charge is -2.13. The lowest BCUT2D eigenvalue weighted by atomic mass is 10.1. The van der Waals surface area contributed by atoms with E-state index < -0.39 is 0 Å². The van der Waals surface area contributed by atoms with Gasteiger partial charge in [0.1, 0.15) is 30.4 Å². The standard InChI is InChI=1S/C21H20N4O3S2/c1-11-2-3-14(22)17(6-11)27-4-5-28-18-8-12-7-13(30-19(12)10-15(18)23)9-16-20(26)25-21(29)24-16/h2-3,6-10,23,26H,4-5,22H2,1H3,(H2,24,25,29). The van der Waals surface area contributed by atoms with Crippen LogP contribution in [-0.4, -0.2) is 34.0 Å². The van der Waals surface area contributed by atoms with E-state index in [2.05, 4.69) is 9.97 Å². The fourth-order valence-electron chi connectivity index (χ4n) is 2.98. The number of allylic oxidation sites excluding steroid dienone is 1. The van der Waals surface area contributed by atoms with Crippen molar-refractivity contribution in [3.05, 3.63) is 60.7 Å². The maximum atomic E-state index is 9.84. The number of aromatic hydroxyl groups is 1. The molecule has 1 aliphatic carbocycles. The van der Waals surface area contributed by atoms with Crippen LogP contribution in [0.2, 0.25) is 0 Å². The Balaban J connectivity index is 1.45. The highest BCUT2D eigenvalue weighted by molar-refractivity contribution is 7.71. The maximum absolute atomic E-state index is 9.84. The number of aromatic amines is 2. The van der Waals surface area contributed by atoms with Gasteiger partial charge in [0.05, 0.1) is 11.4 Å². The Morgan fingerprint density at radius 2 is 2.00 bits per heavy atom. The minimum Gasteiger partial charge on any atom is -0.493 e. The molecule has 30 heavy (non-hydrogen) atoms. The molecule has 1 aliphatic rings. The van der Waals surface area contributed by atoms with Crippen LogP contribution in [0.3, 0.4) is 0 Å². The number of hydrogen-bond donors (Lipinski definition) is 5. The van der Waals surface area contributed by atoms with Gasteiger partial charge >= 0.3 is 0 Å². The molecule has 0 bridgehead atoms. The Kier molecular flexibility index (Phi) is 5.47. The molecule has 0 aliphatic heterocycles. The minimum absolute atomic E-state index is 0.00287. The van der Waals surface area contributed by atoms with Gasteiger partial charge in [-0.1, -0.05) is 6.07 Å². The molecule has 0 fully saturated rings. The van der Waals surface area contributed by atoms with E-state index in [9.17, 15) is 5.11 Å². The third-order valence-electron chi connectivity index (χ3n) is 4.43. The van der Waals surface area contributed by atoms with Gasteiger partial charge in [0.2, 0.25) is 5.88 Å². The monoisotopic (exact) mass is 440 g/mol. The Bertz CT molecular complexity index is 1330. The van der Waals surface area contributed by atoms with Crippen LogP contribution in [0, 0.1) is 17.1 Å². The average Bonchev–Trinajstić information content (AvgIpc) is 3.22. The number of benzene rings is 1. The molecule has 3 aromatic rings. The SMILES string of the molecule is Cc1ccc(N)c(OCCOC2=Cc3cc(=Cc4[nH]c(=S)[nH]c4O)sc3=CC2=N)c1. The van der Waals surface area contributed by atoms with Crippen molar-refractivity contribution in [2.75, 3.05) is 18.9 Å². The van der Waals surface area contributed by atoms with Gasteiger partial charge in [0.15, 0.2) is 4.77 Å². The predicted octanol–water partition coefficient (Wildman–Crippen LogP) is 2.81. The third kappa shape index (κ3) is 4.32. The zero-order valence-electron chi connectivity index (χ0n) is 16.1. The summed E-state index contributed by atoms with van der Waals surface area (Å²) in [5.74, 6) is 1.11. The topological polar surface area (TPSA) is 120 Å². The van der Waals surface area contributed by atoms with Gasteiger partial charge in [0, 0.05) is 9.06 Å². The number of nitrogens with two attached hydrogens (primary N) is 1. The maximum Gasteiger partial charge on any atom is 0.215 e. The van der Waals surface area contributed by atoms with E-state index >= 15 is 0 Å². The van der Waals surface area contributed by atoms with E-state index in [1.54, 1.807) is 12.2 Å². The third-order valence-corrected chi connectivity index (χ3v) is 5.68. The minimum atomic E-state index is -0.00287. The molecule has 1 aromatic carbocycles. The van der Waals surface area contributed by atoms with Crippen LogP contribution >= 0.6 is 23.6 Å². The largest absolute Gasteiger partial charge is 0.493 e. The number of ether oxygens (including phenoxy) is 2. The fourth-order valence-corrected chi connectivity index (χ4v) is 4.22. The summed E-state index contributed by atoms with van der Waals surface area (Å²) < 4.78 is 13.7. The number of hydrogen-bond acceptors (Lipinski definition) is 7. The second-order valence-electron chi connectivity index (χ2n) is 6.76. The van der Waals surface area contributed by atoms with E-state index in [1.165, 1.54) is 11.3 Å². The summed E-state index contributed by atoms with van der Waals surface area (Å²) in [4.78, 5) is 5.54. The molecule has 0 radical (unpaired) electrons. The summed E-state index contributed by atoms with van der Waals surface area (Å²) in [5, 5.41) is 18.1. The van der Waals surface area contributed by atoms with Crippen molar-refractivity contribution in [1.82, 2.24) is 9.97 Å². The molecule has 0 unspecified atom stereocenters. The summed E-state index contributed by atoms with van der Waals surface area (Å²) in [6, 6.07) is 7.60. The highest BCUT2D eigenvalue weighted by Gasteiger charge is 2.13. The summed E-state index contributed by atoms with van der Waals surface area (Å²) in [6.07, 6.45) is 5.41. The number of aromatic nitrogens is 2. The van der Waals surface area contributed by atoms with Crippen LogP contribution in [0.5, 0.6) is 11.6 Å². The van der Waals surface area contributed by atoms with Gasteiger partial charge in [-0.05, 0) is 66.7 Å². The Morgan fingerprint density at radius 3 is 2.77 bits per heavy atom. The number of thiophene rings is 1. The molecule has 6 N–H and O–H groups in total. The molecular weight excluding hydrogens is 420 g/mol. The van der Waals surface area contributed by atoms with Crippen LogP contribution in [0.15, 0.2) is 30.0 Å². The van der Waals surface area contributed by atoms with E-state index in [1.807, 2.05) is 37.3 Å². The molecule has 7 nitrogen and oxygen atoms in total. The highest BCUT2D eigenvalue weighted by Crippen LogP contribution is 2.22. The van der Waals surface area contributed by atoms with Crippen molar-refractivity contribution < 1.29 is 14.6 Å². The molecule has 0 spiro atoms. The molecule has 154 valence electrons. The first-order chi connectivity index (χ1) is 14.4. The lowest BCUT2D eigenvalue weighted by molar-refractivity contribution is 0.170. The number of anilines is 1. The van der Waals surface area contributed by atoms with Crippen LogP contribution in [0.1, 0.15) is 16.8 Å². The van der Waals surface area contributed by atoms with Crippen molar-refractivity contribution in [3.8, 4) is 11.6 Å². The number of H-pyrrole nitrogens is 2. The van der Waals surface area contributed by atoms with Crippen LogP contribution in [0.25, 0.3) is 18.2 Å². The number of rotatable bonds is 6. The van der Waals surface area contributed by atoms with Crippen molar-refractivity contribution in [1.29, 1.82) is 5.41 Å². The first kappa shape index (κ1) is 20.0. The van der Waals surface area contributed by atoms with Gasteiger partial charge in [0.25, 0.3) is 0 Å². The van der Waals surface area contributed by atoms with Crippen LogP contribution in [0.4, 0.5) is 5.69 Å². The van der Waals surface area contributed by atoms with E-state index in [0.29, 0.717) is 46.6 Å². The summed E-state index contributed by atoms with van der Waals surface area (Å²) >= 11 is 6.50. The smallest absolute Gasteiger partial charge is 0.215 e. The quantitative estimate of drug-likeness (QED) is 0.229. The van der Waals surface area contributed by atoms with E-state index in [-0.39, 0.29) is 5.88 Å². The first-order valence-electron chi connectivity index (χ1n) is 9.16. The second-order valence-corrected chi connectivity index (χ2v) is 8.28. The van der Waals surface area contributed by atoms with Crippen LogP contribution in [-0.2, 0) is 4.74 Å². The number of fused-ring (bicyclic) bond motifs is 1. The molecule has 2 heterocycles. The highest BCUT2D eigenvalue weighted by atomic mass is 32.1. The van der Waals surface area contributed by atoms with Gasteiger partial charge in [-0.3, -0.25) is 5.41 Å². The number of nitrogen functional groups attached to an aromatic ring is 1. The van der Waals surface area contributed by atoms with E-state index in [0.717, 1.165) is 20.2 Å². The molecule has 0 saturated heterocycles. The number of imidazole rings is 1. The molecule has 4 rings (SSSR count).